The zero-order valence-electron chi connectivity index (χ0n) is 18.5. The van der Waals surface area contributed by atoms with E-state index < -0.39 is 55.2 Å². The fourth-order valence-electron chi connectivity index (χ4n) is 4.39. The summed E-state index contributed by atoms with van der Waals surface area (Å²) >= 11 is 5.89. The van der Waals surface area contributed by atoms with Crippen molar-refractivity contribution in [1.82, 2.24) is 10.3 Å². The van der Waals surface area contributed by atoms with E-state index in [0.29, 0.717) is 18.4 Å². The highest BCUT2D eigenvalue weighted by Crippen LogP contribution is 2.43. The molecule has 2 aliphatic rings. The highest BCUT2D eigenvalue weighted by Gasteiger charge is 2.51. The third-order valence-electron chi connectivity index (χ3n) is 6.50. The van der Waals surface area contributed by atoms with E-state index in [4.69, 9.17) is 16.3 Å². The van der Waals surface area contributed by atoms with Crippen LogP contribution in [0.2, 0.25) is 5.02 Å². The van der Waals surface area contributed by atoms with Crippen LogP contribution >= 0.6 is 11.6 Å². The monoisotopic (exact) mass is 527 g/mol. The molecule has 186 valence electrons. The van der Waals surface area contributed by atoms with Crippen molar-refractivity contribution in [3.8, 4) is 17.2 Å². The number of rotatable bonds is 6. The number of carbonyl (C=O) groups is 1. The van der Waals surface area contributed by atoms with E-state index >= 15 is 0 Å². The van der Waals surface area contributed by atoms with Gasteiger partial charge in [0.05, 0.1) is 38.8 Å². The normalized spacial score (nSPS) is 23.5. The summed E-state index contributed by atoms with van der Waals surface area (Å²) in [4.78, 5) is 15.8. The number of hydrogen-bond donors (Lipinski definition) is 1. The van der Waals surface area contributed by atoms with E-state index in [1.165, 1.54) is 31.6 Å². The summed E-state index contributed by atoms with van der Waals surface area (Å²) < 4.78 is 74.1. The first-order valence-electron chi connectivity index (χ1n) is 10.7. The lowest BCUT2D eigenvalue weighted by Gasteiger charge is -2.19. The van der Waals surface area contributed by atoms with Crippen LogP contribution in [-0.4, -0.2) is 43.3 Å². The summed E-state index contributed by atoms with van der Waals surface area (Å²) in [6.45, 7) is 0. The molecule has 1 amide bonds. The van der Waals surface area contributed by atoms with Gasteiger partial charge in [-0.15, -0.1) is 0 Å². The molecule has 2 aromatic rings. The molecule has 2 saturated carbocycles. The van der Waals surface area contributed by atoms with Crippen LogP contribution in [0.25, 0.3) is 11.1 Å². The average Bonchev–Trinajstić information content (AvgIpc) is 3.43. The number of halogens is 4. The maximum Gasteiger partial charge on any atom is 0.417 e. The first-order chi connectivity index (χ1) is 16.4. The van der Waals surface area contributed by atoms with E-state index in [1.54, 1.807) is 0 Å². The van der Waals surface area contributed by atoms with E-state index in [-0.39, 0.29) is 23.4 Å². The average molecular weight is 528 g/mol. The van der Waals surface area contributed by atoms with E-state index in [0.717, 1.165) is 12.1 Å². The van der Waals surface area contributed by atoms with Gasteiger partial charge in [0.2, 0.25) is 5.91 Å². The number of pyridine rings is 1. The summed E-state index contributed by atoms with van der Waals surface area (Å²) in [6.07, 6.45) is -2.49. The Morgan fingerprint density at radius 2 is 1.94 bits per heavy atom. The molecule has 2 aliphatic carbocycles. The number of hydrogen-bond acceptors (Lipinski definition) is 6. The Balaban J connectivity index is 1.67. The van der Waals surface area contributed by atoms with Crippen LogP contribution in [0.3, 0.4) is 0 Å². The number of nitriles is 1. The smallest absolute Gasteiger partial charge is 0.381 e. The van der Waals surface area contributed by atoms with Crippen molar-refractivity contribution >= 4 is 27.3 Å². The Bertz CT molecular complexity index is 1310. The highest BCUT2D eigenvalue weighted by atomic mass is 35.5. The lowest BCUT2D eigenvalue weighted by atomic mass is 10.0. The van der Waals surface area contributed by atoms with Crippen molar-refractivity contribution in [3.63, 3.8) is 0 Å². The van der Waals surface area contributed by atoms with Gasteiger partial charge >= 0.3 is 6.18 Å². The van der Waals surface area contributed by atoms with Gasteiger partial charge in [0, 0.05) is 25.1 Å². The Labute approximate surface area is 205 Å². The second-order valence-electron chi connectivity index (χ2n) is 8.80. The molecule has 1 N–H and O–H groups in total. The van der Waals surface area contributed by atoms with Crippen molar-refractivity contribution in [3.05, 3.63) is 47.2 Å². The Morgan fingerprint density at radius 3 is 2.51 bits per heavy atom. The fraction of sp³-hybridized carbons (Fsp3) is 0.435. The van der Waals surface area contributed by atoms with E-state index in [9.17, 15) is 31.6 Å². The molecule has 0 radical (unpaired) electrons. The van der Waals surface area contributed by atoms with Gasteiger partial charge in [-0.1, -0.05) is 17.7 Å². The van der Waals surface area contributed by atoms with Gasteiger partial charge in [-0.3, -0.25) is 9.78 Å². The molecule has 1 heterocycles. The molecule has 0 aliphatic heterocycles. The molecule has 2 unspecified atom stereocenters. The lowest BCUT2D eigenvalue weighted by molar-refractivity contribution is -0.139. The predicted octanol–water partition coefficient (Wildman–Crippen LogP) is 4.16. The van der Waals surface area contributed by atoms with Gasteiger partial charge < -0.3 is 10.1 Å². The summed E-state index contributed by atoms with van der Waals surface area (Å²) in [5, 5.41) is 10.8. The number of nitrogens with one attached hydrogen (secondary N) is 1. The second-order valence-corrected chi connectivity index (χ2v) is 11.4. The number of benzene rings is 1. The number of aromatic nitrogens is 1. The SMILES string of the molecule is COC1CC(S(=O)(=O)c2ccc(-c3cncc(Cl)c3)cc2C(F)(F)F)C[C@H]1C(=O)NC1(C#N)CC1. The fourth-order valence-corrected chi connectivity index (χ4v) is 6.57. The Hall–Kier alpha value is -2.68. The minimum atomic E-state index is -4.95. The van der Waals surface area contributed by atoms with Crippen LogP contribution in [0, 0.1) is 17.2 Å². The second kappa shape index (κ2) is 9.08. The third-order valence-corrected chi connectivity index (χ3v) is 8.93. The first-order valence-corrected chi connectivity index (χ1v) is 12.6. The third kappa shape index (κ3) is 5.01. The number of amides is 1. The van der Waals surface area contributed by atoms with Crippen molar-refractivity contribution < 1.29 is 31.1 Å². The number of ether oxygens (including phenoxy) is 1. The first kappa shape index (κ1) is 25.4. The molecule has 4 rings (SSSR count). The minimum absolute atomic E-state index is 0.107. The van der Waals surface area contributed by atoms with E-state index in [1.807, 2.05) is 6.07 Å². The van der Waals surface area contributed by atoms with Crippen molar-refractivity contribution in [2.75, 3.05) is 7.11 Å². The topological polar surface area (TPSA) is 109 Å². The molecular weight excluding hydrogens is 507 g/mol. The summed E-state index contributed by atoms with van der Waals surface area (Å²) in [5.41, 5.74) is -1.86. The van der Waals surface area contributed by atoms with Gasteiger partial charge in [0.1, 0.15) is 5.54 Å². The van der Waals surface area contributed by atoms with Crippen LogP contribution in [0.15, 0.2) is 41.6 Å². The molecule has 35 heavy (non-hydrogen) atoms. The van der Waals surface area contributed by atoms with Crippen molar-refractivity contribution in [2.45, 2.75) is 53.6 Å². The molecular formula is C23H21ClF3N3O4S. The number of carbonyl (C=O) groups excluding carboxylic acids is 1. The zero-order valence-corrected chi connectivity index (χ0v) is 20.0. The number of nitrogens with zero attached hydrogens (tertiary/aromatic N) is 2. The van der Waals surface area contributed by atoms with Gasteiger partial charge in [-0.2, -0.15) is 18.4 Å². The van der Waals surface area contributed by atoms with Crippen LogP contribution in [0.1, 0.15) is 31.2 Å². The zero-order chi connectivity index (χ0) is 25.6. The summed E-state index contributed by atoms with van der Waals surface area (Å²) in [7, 11) is -3.18. The highest BCUT2D eigenvalue weighted by molar-refractivity contribution is 7.92. The number of alkyl halides is 3. The molecule has 12 heteroatoms. The van der Waals surface area contributed by atoms with Crippen LogP contribution in [0.4, 0.5) is 13.2 Å². The Morgan fingerprint density at radius 1 is 1.23 bits per heavy atom. The molecule has 3 atom stereocenters. The lowest BCUT2D eigenvalue weighted by Crippen LogP contribution is -2.42. The van der Waals surface area contributed by atoms with Gasteiger partial charge in [0.25, 0.3) is 0 Å². The number of sulfone groups is 1. The van der Waals surface area contributed by atoms with Crippen molar-refractivity contribution in [1.29, 1.82) is 5.26 Å². The standard InChI is InChI=1S/C23H21ClF3N3O4S/c1-34-19-9-16(8-17(19)21(31)30-22(12-28)4-5-22)35(32,33)20-3-2-13(7-18(20)23(25,26)27)14-6-15(24)11-29-10-14/h2-3,6-7,10-11,16-17,19H,4-5,8-9H2,1H3,(H,30,31)/t16?,17-,19?/m1/s1. The molecule has 0 bridgehead atoms. The maximum atomic E-state index is 14.0. The Kier molecular flexibility index (Phi) is 6.59. The van der Waals surface area contributed by atoms with E-state index in [2.05, 4.69) is 10.3 Å². The predicted molar refractivity (Wildman–Crippen MR) is 120 cm³/mol. The maximum absolute atomic E-state index is 14.0. The van der Waals surface area contributed by atoms with Gasteiger partial charge in [0.15, 0.2) is 9.84 Å². The van der Waals surface area contributed by atoms with Gasteiger partial charge in [-0.25, -0.2) is 8.42 Å². The molecule has 2 fully saturated rings. The largest absolute Gasteiger partial charge is 0.417 e. The molecule has 1 aromatic heterocycles. The summed E-state index contributed by atoms with van der Waals surface area (Å²) in [5.74, 6) is -1.44. The molecule has 1 aromatic carbocycles. The minimum Gasteiger partial charge on any atom is -0.381 e. The quantitative estimate of drug-likeness (QED) is 0.604. The number of methoxy groups -OCH3 is 1. The molecule has 0 spiro atoms. The van der Waals surface area contributed by atoms with Crippen LogP contribution in [0.5, 0.6) is 0 Å². The van der Waals surface area contributed by atoms with Crippen LogP contribution < -0.4 is 5.32 Å². The molecule has 7 nitrogen and oxygen atoms in total. The van der Waals surface area contributed by atoms with Crippen LogP contribution in [-0.2, 0) is 25.5 Å². The molecule has 0 saturated heterocycles. The van der Waals surface area contributed by atoms with Crippen molar-refractivity contribution in [2.24, 2.45) is 5.92 Å². The summed E-state index contributed by atoms with van der Waals surface area (Å²) in [6, 6.07) is 6.41. The van der Waals surface area contributed by atoms with Gasteiger partial charge in [-0.05, 0) is 49.4 Å².